The van der Waals surface area contributed by atoms with Crippen molar-refractivity contribution < 1.29 is 27.9 Å². The van der Waals surface area contributed by atoms with Crippen LogP contribution in [0.5, 0.6) is 0 Å². The second-order valence-corrected chi connectivity index (χ2v) is 5.32. The molecule has 1 amide bonds. The minimum absolute atomic E-state index is 0.112. The topological polar surface area (TPSA) is 72.5 Å². The van der Waals surface area contributed by atoms with Crippen molar-refractivity contribution in [3.05, 3.63) is 57.8 Å². The third-order valence-electron chi connectivity index (χ3n) is 2.74. The minimum atomic E-state index is -1.16. The van der Waals surface area contributed by atoms with Crippen LogP contribution in [0.15, 0.2) is 35.7 Å². The number of carbonyl (C=O) groups excluding carboxylic acids is 3. The van der Waals surface area contributed by atoms with Crippen molar-refractivity contribution in [2.24, 2.45) is 0 Å². The van der Waals surface area contributed by atoms with E-state index in [1.165, 1.54) is 11.3 Å². The average Bonchev–Trinajstić information content (AvgIpc) is 3.07. The zero-order chi connectivity index (χ0) is 16.8. The number of hydrogen-bond donors (Lipinski definition) is 1. The van der Waals surface area contributed by atoms with Crippen molar-refractivity contribution in [1.82, 2.24) is 5.32 Å². The molecule has 0 fully saturated rings. The number of carbonyl (C=O) groups is 3. The molecular weight excluding hydrogens is 328 g/mol. The van der Waals surface area contributed by atoms with Gasteiger partial charge in [0.15, 0.2) is 24.0 Å². The number of benzene rings is 1. The minimum Gasteiger partial charge on any atom is -0.456 e. The normalized spacial score (nSPS) is 10.2. The Labute approximate surface area is 133 Å². The Morgan fingerprint density at radius 3 is 2.57 bits per heavy atom. The third-order valence-corrected chi connectivity index (χ3v) is 3.61. The van der Waals surface area contributed by atoms with Gasteiger partial charge in [0, 0.05) is 5.56 Å². The van der Waals surface area contributed by atoms with Crippen LogP contribution >= 0.6 is 11.3 Å². The number of hydrogen-bond acceptors (Lipinski definition) is 5. The molecule has 1 aromatic heterocycles. The smallest absolute Gasteiger partial charge is 0.325 e. The van der Waals surface area contributed by atoms with E-state index in [4.69, 9.17) is 0 Å². The first-order valence-electron chi connectivity index (χ1n) is 6.43. The molecule has 0 saturated heterocycles. The highest BCUT2D eigenvalue weighted by Crippen LogP contribution is 2.10. The molecular formula is C15H11F2NO4S. The molecule has 1 aromatic carbocycles. The summed E-state index contributed by atoms with van der Waals surface area (Å²) in [6.45, 7) is -1.03. The van der Waals surface area contributed by atoms with Gasteiger partial charge in [-0.05, 0) is 29.6 Å². The highest BCUT2D eigenvalue weighted by molar-refractivity contribution is 7.12. The van der Waals surface area contributed by atoms with E-state index in [-0.39, 0.29) is 5.56 Å². The summed E-state index contributed by atoms with van der Waals surface area (Å²) in [4.78, 5) is 35.2. The van der Waals surface area contributed by atoms with Crippen molar-refractivity contribution in [3.63, 3.8) is 0 Å². The van der Waals surface area contributed by atoms with Gasteiger partial charge in [0.25, 0.3) is 5.91 Å². The number of Topliss-reactive ketones (excluding diaryl/α,β-unsaturated/α-hetero) is 1. The predicted octanol–water partition coefficient (Wildman–Crippen LogP) is 2.18. The van der Waals surface area contributed by atoms with Gasteiger partial charge in [-0.15, -0.1) is 11.3 Å². The van der Waals surface area contributed by atoms with Gasteiger partial charge in [0.2, 0.25) is 0 Å². The molecule has 0 saturated carbocycles. The van der Waals surface area contributed by atoms with Gasteiger partial charge in [-0.2, -0.15) is 0 Å². The zero-order valence-electron chi connectivity index (χ0n) is 11.7. The molecule has 5 nitrogen and oxygen atoms in total. The van der Waals surface area contributed by atoms with Gasteiger partial charge in [0.05, 0.1) is 4.88 Å². The molecule has 2 aromatic rings. The maximum atomic E-state index is 13.0. The SMILES string of the molecule is O=C(CNC(=O)c1cccs1)OCC(=O)c1ccc(F)c(F)c1. The van der Waals surface area contributed by atoms with E-state index in [9.17, 15) is 23.2 Å². The molecule has 0 bridgehead atoms. The molecule has 0 aliphatic carbocycles. The summed E-state index contributed by atoms with van der Waals surface area (Å²) in [5, 5.41) is 4.06. The molecule has 1 heterocycles. The summed E-state index contributed by atoms with van der Waals surface area (Å²) in [6, 6.07) is 5.92. The molecule has 0 radical (unpaired) electrons. The fraction of sp³-hybridized carbons (Fsp3) is 0.133. The van der Waals surface area contributed by atoms with E-state index in [0.717, 1.165) is 18.2 Å². The van der Waals surface area contributed by atoms with Gasteiger partial charge in [-0.1, -0.05) is 6.07 Å². The Morgan fingerprint density at radius 2 is 1.91 bits per heavy atom. The first kappa shape index (κ1) is 16.8. The van der Waals surface area contributed by atoms with Crippen molar-refractivity contribution in [2.45, 2.75) is 0 Å². The standard InChI is InChI=1S/C15H11F2NO4S/c16-10-4-3-9(6-11(10)17)12(19)8-22-14(20)7-18-15(21)13-2-1-5-23-13/h1-6H,7-8H2,(H,18,21). The van der Waals surface area contributed by atoms with Crippen molar-refractivity contribution in [1.29, 1.82) is 0 Å². The Morgan fingerprint density at radius 1 is 1.13 bits per heavy atom. The number of ether oxygens (including phenoxy) is 1. The average molecular weight is 339 g/mol. The van der Waals surface area contributed by atoms with Crippen LogP contribution in [0.25, 0.3) is 0 Å². The number of amides is 1. The monoisotopic (exact) mass is 339 g/mol. The van der Waals surface area contributed by atoms with Crippen LogP contribution in [-0.4, -0.2) is 30.8 Å². The van der Waals surface area contributed by atoms with E-state index in [2.05, 4.69) is 10.1 Å². The number of nitrogens with one attached hydrogen (secondary N) is 1. The van der Waals surface area contributed by atoms with Crippen LogP contribution in [0.1, 0.15) is 20.0 Å². The molecule has 0 unspecified atom stereocenters. The Bertz CT molecular complexity index is 731. The van der Waals surface area contributed by atoms with Gasteiger partial charge in [-0.25, -0.2) is 8.78 Å². The second kappa shape index (κ2) is 7.59. The number of ketones is 1. The van der Waals surface area contributed by atoms with Gasteiger partial charge >= 0.3 is 5.97 Å². The van der Waals surface area contributed by atoms with E-state index in [0.29, 0.717) is 4.88 Å². The van der Waals surface area contributed by atoms with Crippen molar-refractivity contribution in [2.75, 3.05) is 13.2 Å². The molecule has 0 spiro atoms. The van der Waals surface area contributed by atoms with Crippen LogP contribution in [0.2, 0.25) is 0 Å². The van der Waals surface area contributed by atoms with E-state index in [1.54, 1.807) is 17.5 Å². The van der Waals surface area contributed by atoms with Crippen molar-refractivity contribution >= 4 is 29.0 Å². The molecule has 1 N–H and O–H groups in total. The first-order chi connectivity index (χ1) is 11.0. The lowest BCUT2D eigenvalue weighted by molar-refractivity contribution is -0.141. The highest BCUT2D eigenvalue weighted by atomic mass is 32.1. The number of thiophene rings is 1. The maximum absolute atomic E-state index is 13.0. The number of rotatable bonds is 6. The Hall–Kier alpha value is -2.61. The van der Waals surface area contributed by atoms with Crippen molar-refractivity contribution in [3.8, 4) is 0 Å². The predicted molar refractivity (Wildman–Crippen MR) is 78.3 cm³/mol. The Kier molecular flexibility index (Phi) is 5.53. The lowest BCUT2D eigenvalue weighted by Gasteiger charge is -2.06. The maximum Gasteiger partial charge on any atom is 0.325 e. The molecule has 0 aliphatic rings. The fourth-order valence-corrected chi connectivity index (χ4v) is 2.24. The third kappa shape index (κ3) is 4.68. The van der Waals surface area contributed by atoms with Crippen LogP contribution in [0.3, 0.4) is 0 Å². The van der Waals surface area contributed by atoms with Gasteiger partial charge in [-0.3, -0.25) is 14.4 Å². The summed E-state index contributed by atoms with van der Waals surface area (Å²) >= 11 is 1.22. The number of esters is 1. The van der Waals surface area contributed by atoms with E-state index in [1.807, 2.05) is 0 Å². The zero-order valence-corrected chi connectivity index (χ0v) is 12.5. The molecule has 0 atom stereocenters. The summed E-state index contributed by atoms with van der Waals surface area (Å²) in [7, 11) is 0. The summed E-state index contributed by atoms with van der Waals surface area (Å²) in [6.07, 6.45) is 0. The van der Waals surface area contributed by atoms with Crippen LogP contribution in [0.4, 0.5) is 8.78 Å². The lowest BCUT2D eigenvalue weighted by atomic mass is 10.1. The molecule has 8 heteroatoms. The van der Waals surface area contributed by atoms with E-state index < -0.39 is 42.4 Å². The molecule has 0 aliphatic heterocycles. The fourth-order valence-electron chi connectivity index (χ4n) is 1.60. The summed E-state index contributed by atoms with van der Waals surface area (Å²) in [5.74, 6) is -4.16. The molecule has 2 rings (SSSR count). The first-order valence-corrected chi connectivity index (χ1v) is 7.31. The van der Waals surface area contributed by atoms with Gasteiger partial charge in [0.1, 0.15) is 6.54 Å². The molecule has 23 heavy (non-hydrogen) atoms. The largest absolute Gasteiger partial charge is 0.456 e. The lowest BCUT2D eigenvalue weighted by Crippen LogP contribution is -2.31. The second-order valence-electron chi connectivity index (χ2n) is 4.37. The van der Waals surface area contributed by atoms with Crippen LogP contribution in [0, 0.1) is 11.6 Å². The van der Waals surface area contributed by atoms with Crippen LogP contribution in [-0.2, 0) is 9.53 Å². The summed E-state index contributed by atoms with van der Waals surface area (Å²) < 4.78 is 30.4. The summed E-state index contributed by atoms with van der Waals surface area (Å²) in [5.41, 5.74) is -0.112. The van der Waals surface area contributed by atoms with E-state index >= 15 is 0 Å². The molecule has 120 valence electrons. The number of halogens is 2. The highest BCUT2D eigenvalue weighted by Gasteiger charge is 2.14. The van der Waals surface area contributed by atoms with Crippen LogP contribution < -0.4 is 5.32 Å². The Balaban J connectivity index is 1.78. The quantitative estimate of drug-likeness (QED) is 0.647. The van der Waals surface area contributed by atoms with Gasteiger partial charge < -0.3 is 10.1 Å².